The fourth-order valence-electron chi connectivity index (χ4n) is 2.88. The van der Waals surface area contributed by atoms with Crippen LogP contribution >= 0.6 is 11.3 Å². The number of nitro benzene ring substituents is 1. The van der Waals surface area contributed by atoms with E-state index in [1.807, 2.05) is 31.2 Å². The molecule has 7 nitrogen and oxygen atoms in total. The molecule has 138 valence electrons. The summed E-state index contributed by atoms with van der Waals surface area (Å²) in [5.41, 5.74) is 3.80. The minimum absolute atomic E-state index is 0.00156. The van der Waals surface area contributed by atoms with Crippen molar-refractivity contribution in [2.24, 2.45) is 0 Å². The fourth-order valence-corrected chi connectivity index (χ4v) is 3.85. The number of non-ortho nitro benzene ring substituents is 1. The molecule has 0 unspecified atom stereocenters. The van der Waals surface area contributed by atoms with Crippen LogP contribution in [0.25, 0.3) is 21.3 Å². The molecule has 27 heavy (non-hydrogen) atoms. The molecule has 0 aliphatic heterocycles. The first kappa shape index (κ1) is 17.4. The maximum absolute atomic E-state index is 11.3. The SMILES string of the molecule is Cc1cc([N+](=O)[O-])c2nc(Nc3nc4cc(C(C)(C)C)ccc4o3)sc2c1. The van der Waals surface area contributed by atoms with E-state index >= 15 is 0 Å². The van der Waals surface area contributed by atoms with Crippen LogP contribution in [0.4, 0.5) is 16.8 Å². The molecule has 2 heterocycles. The van der Waals surface area contributed by atoms with Gasteiger partial charge in [-0.2, -0.15) is 4.98 Å². The highest BCUT2D eigenvalue weighted by Crippen LogP contribution is 2.35. The largest absolute Gasteiger partial charge is 0.423 e. The number of aromatic nitrogens is 2. The van der Waals surface area contributed by atoms with Crippen LogP contribution in [-0.2, 0) is 5.41 Å². The third-order valence-electron chi connectivity index (χ3n) is 4.28. The zero-order valence-electron chi connectivity index (χ0n) is 15.4. The maximum Gasteiger partial charge on any atom is 0.302 e. The molecule has 8 heteroatoms. The Morgan fingerprint density at radius 1 is 1.19 bits per heavy atom. The lowest BCUT2D eigenvalue weighted by atomic mass is 9.87. The van der Waals surface area contributed by atoms with Crippen LogP contribution in [0.5, 0.6) is 0 Å². The van der Waals surface area contributed by atoms with Crippen molar-refractivity contribution in [1.82, 2.24) is 9.97 Å². The van der Waals surface area contributed by atoms with Crippen molar-refractivity contribution >= 4 is 49.5 Å². The van der Waals surface area contributed by atoms with Crippen LogP contribution in [0, 0.1) is 17.0 Å². The molecule has 0 atom stereocenters. The minimum atomic E-state index is -0.410. The second kappa shape index (κ2) is 6.02. The summed E-state index contributed by atoms with van der Waals surface area (Å²) in [7, 11) is 0. The molecule has 0 aliphatic carbocycles. The van der Waals surface area contributed by atoms with Crippen molar-refractivity contribution in [3.05, 3.63) is 51.6 Å². The molecule has 0 aliphatic rings. The van der Waals surface area contributed by atoms with E-state index in [0.29, 0.717) is 22.2 Å². The monoisotopic (exact) mass is 382 g/mol. The molecule has 0 saturated carbocycles. The topological polar surface area (TPSA) is 94.1 Å². The van der Waals surface area contributed by atoms with Crippen LogP contribution < -0.4 is 5.32 Å². The number of thiazole rings is 1. The lowest BCUT2D eigenvalue weighted by Gasteiger charge is -2.18. The Morgan fingerprint density at radius 2 is 1.96 bits per heavy atom. The number of benzene rings is 2. The van der Waals surface area contributed by atoms with Crippen LogP contribution in [0.15, 0.2) is 34.7 Å². The van der Waals surface area contributed by atoms with Gasteiger partial charge in [-0.1, -0.05) is 38.2 Å². The average Bonchev–Trinajstić information content (AvgIpc) is 3.14. The van der Waals surface area contributed by atoms with E-state index in [1.54, 1.807) is 0 Å². The number of nitrogens with zero attached hydrogens (tertiary/aromatic N) is 3. The first-order valence-electron chi connectivity index (χ1n) is 8.44. The van der Waals surface area contributed by atoms with Gasteiger partial charge in [-0.05, 0) is 41.7 Å². The summed E-state index contributed by atoms with van der Waals surface area (Å²) in [5.74, 6) is 0. The Labute approximate surface area is 159 Å². The molecule has 4 aromatic rings. The van der Waals surface area contributed by atoms with Gasteiger partial charge in [-0.25, -0.2) is 4.98 Å². The van der Waals surface area contributed by atoms with Crippen molar-refractivity contribution in [1.29, 1.82) is 0 Å². The number of hydrogen-bond acceptors (Lipinski definition) is 7. The Balaban J connectivity index is 1.71. The van der Waals surface area contributed by atoms with Gasteiger partial charge in [0, 0.05) is 6.07 Å². The molecule has 2 aromatic carbocycles. The van der Waals surface area contributed by atoms with E-state index in [9.17, 15) is 10.1 Å². The van der Waals surface area contributed by atoms with Gasteiger partial charge in [0.2, 0.25) is 0 Å². The molecule has 4 rings (SSSR count). The summed E-state index contributed by atoms with van der Waals surface area (Å²) in [4.78, 5) is 19.7. The molecule has 0 fully saturated rings. The summed E-state index contributed by atoms with van der Waals surface area (Å²) in [6.45, 7) is 8.25. The van der Waals surface area contributed by atoms with Crippen molar-refractivity contribution < 1.29 is 9.34 Å². The molecular formula is C19H18N4O3S. The van der Waals surface area contributed by atoms with Crippen LogP contribution in [0.2, 0.25) is 0 Å². The molecule has 0 saturated heterocycles. The third-order valence-corrected chi connectivity index (χ3v) is 5.20. The van der Waals surface area contributed by atoms with Gasteiger partial charge >= 0.3 is 6.01 Å². The standard InChI is InChI=1S/C19H18N4O3S/c1-10-7-13(23(24)25)16-15(8-10)27-18(21-16)22-17-20-12-9-11(19(2,3)4)5-6-14(12)26-17/h5-9H,1-4H3,(H,20,21,22). The van der Waals surface area contributed by atoms with Gasteiger partial charge in [-0.15, -0.1) is 0 Å². The van der Waals surface area contributed by atoms with E-state index in [0.717, 1.165) is 15.8 Å². The van der Waals surface area contributed by atoms with Crippen LogP contribution in [0.1, 0.15) is 31.9 Å². The van der Waals surface area contributed by atoms with Crippen molar-refractivity contribution in [2.45, 2.75) is 33.1 Å². The van der Waals surface area contributed by atoms with Gasteiger partial charge in [-0.3, -0.25) is 15.4 Å². The molecule has 2 aromatic heterocycles. The van der Waals surface area contributed by atoms with E-state index in [1.165, 1.54) is 23.0 Å². The minimum Gasteiger partial charge on any atom is -0.423 e. The Kier molecular flexibility index (Phi) is 3.88. The molecular weight excluding hydrogens is 364 g/mol. The first-order valence-corrected chi connectivity index (χ1v) is 9.26. The second-order valence-corrected chi connectivity index (χ2v) is 8.51. The number of nitro groups is 1. The van der Waals surface area contributed by atoms with E-state index in [-0.39, 0.29) is 11.1 Å². The first-order chi connectivity index (χ1) is 12.7. The molecule has 0 bridgehead atoms. The summed E-state index contributed by atoms with van der Waals surface area (Å²) in [5, 5.41) is 14.8. The number of anilines is 2. The number of rotatable bonds is 3. The number of hydrogen-bond donors (Lipinski definition) is 1. The Morgan fingerprint density at radius 3 is 2.67 bits per heavy atom. The lowest BCUT2D eigenvalue weighted by molar-refractivity contribution is -0.383. The quantitative estimate of drug-likeness (QED) is 0.361. The number of aryl methyl sites for hydroxylation is 1. The smallest absolute Gasteiger partial charge is 0.302 e. The van der Waals surface area contributed by atoms with Gasteiger partial charge in [0.25, 0.3) is 5.69 Å². The molecule has 1 N–H and O–H groups in total. The van der Waals surface area contributed by atoms with Crippen molar-refractivity contribution in [3.8, 4) is 0 Å². The second-order valence-electron chi connectivity index (χ2n) is 7.48. The van der Waals surface area contributed by atoms with E-state index < -0.39 is 4.92 Å². The predicted octanol–water partition coefficient (Wildman–Crippen LogP) is 5.70. The van der Waals surface area contributed by atoms with Gasteiger partial charge < -0.3 is 4.42 Å². The Bertz CT molecular complexity index is 1190. The van der Waals surface area contributed by atoms with Crippen molar-refractivity contribution in [2.75, 3.05) is 5.32 Å². The number of nitrogens with one attached hydrogen (secondary N) is 1. The Hall–Kier alpha value is -3.00. The molecule has 0 radical (unpaired) electrons. The normalized spacial score (nSPS) is 12.0. The maximum atomic E-state index is 11.3. The van der Waals surface area contributed by atoms with Gasteiger partial charge in [0.05, 0.1) is 9.62 Å². The summed E-state index contributed by atoms with van der Waals surface area (Å²) < 4.78 is 6.49. The van der Waals surface area contributed by atoms with Crippen LogP contribution in [-0.4, -0.2) is 14.9 Å². The molecule has 0 amide bonds. The van der Waals surface area contributed by atoms with E-state index in [4.69, 9.17) is 4.42 Å². The molecule has 0 spiro atoms. The van der Waals surface area contributed by atoms with Crippen LogP contribution in [0.3, 0.4) is 0 Å². The van der Waals surface area contributed by atoms with Gasteiger partial charge in [0.15, 0.2) is 16.2 Å². The average molecular weight is 382 g/mol. The number of fused-ring (bicyclic) bond motifs is 2. The lowest BCUT2D eigenvalue weighted by Crippen LogP contribution is -2.10. The zero-order chi connectivity index (χ0) is 19.3. The summed E-state index contributed by atoms with van der Waals surface area (Å²) in [6, 6.07) is 9.67. The van der Waals surface area contributed by atoms with Gasteiger partial charge in [0.1, 0.15) is 5.52 Å². The third kappa shape index (κ3) is 3.23. The number of oxazole rings is 1. The zero-order valence-corrected chi connectivity index (χ0v) is 16.2. The van der Waals surface area contributed by atoms with Crippen molar-refractivity contribution in [3.63, 3.8) is 0 Å². The van der Waals surface area contributed by atoms with E-state index in [2.05, 4.69) is 36.1 Å². The highest BCUT2D eigenvalue weighted by Gasteiger charge is 2.19. The highest BCUT2D eigenvalue weighted by atomic mass is 32.1. The predicted molar refractivity (Wildman–Crippen MR) is 107 cm³/mol. The highest BCUT2D eigenvalue weighted by molar-refractivity contribution is 7.22. The fraction of sp³-hybridized carbons (Fsp3) is 0.263. The summed E-state index contributed by atoms with van der Waals surface area (Å²) >= 11 is 1.33. The summed E-state index contributed by atoms with van der Waals surface area (Å²) in [6.07, 6.45) is 0.